The molecular weight excluding hydrogens is 274 g/mol. The monoisotopic (exact) mass is 291 g/mol. The van der Waals surface area contributed by atoms with Gasteiger partial charge in [0.25, 0.3) is 0 Å². The zero-order valence-electron chi connectivity index (χ0n) is 11.6. The van der Waals surface area contributed by atoms with Gasteiger partial charge >= 0.3 is 12.0 Å². The van der Waals surface area contributed by atoms with Gasteiger partial charge in [-0.25, -0.2) is 9.59 Å². The van der Waals surface area contributed by atoms with Gasteiger partial charge < -0.3 is 21.1 Å². The van der Waals surface area contributed by atoms with E-state index in [1.165, 1.54) is 17.0 Å². The first-order valence-electron chi connectivity index (χ1n) is 6.60. The Hall–Kier alpha value is -2.57. The fourth-order valence-corrected chi connectivity index (χ4v) is 2.50. The first-order chi connectivity index (χ1) is 9.90. The number of carboxylic acid groups (broad SMARTS) is 1. The first kappa shape index (κ1) is 14.8. The molecule has 112 valence electrons. The molecule has 2 unspecified atom stereocenters. The van der Waals surface area contributed by atoms with Crippen LogP contribution in [0.5, 0.6) is 0 Å². The predicted octanol–water partition coefficient (Wildman–Crippen LogP) is 1.11. The van der Waals surface area contributed by atoms with Crippen LogP contribution in [-0.4, -0.2) is 40.5 Å². The lowest BCUT2D eigenvalue weighted by Gasteiger charge is -2.23. The van der Waals surface area contributed by atoms with Crippen molar-refractivity contribution in [1.29, 1.82) is 0 Å². The van der Waals surface area contributed by atoms with Gasteiger partial charge in [-0.05, 0) is 30.5 Å². The number of hydrogen-bond donors (Lipinski definition) is 3. The van der Waals surface area contributed by atoms with Crippen LogP contribution in [0.2, 0.25) is 0 Å². The van der Waals surface area contributed by atoms with E-state index in [4.69, 9.17) is 5.73 Å². The molecule has 1 aromatic carbocycles. The minimum atomic E-state index is -1.01. The largest absolute Gasteiger partial charge is 0.480 e. The summed E-state index contributed by atoms with van der Waals surface area (Å²) < 4.78 is 0. The second-order valence-corrected chi connectivity index (χ2v) is 5.12. The van der Waals surface area contributed by atoms with E-state index in [1.54, 1.807) is 19.1 Å². The third-order valence-corrected chi connectivity index (χ3v) is 3.61. The summed E-state index contributed by atoms with van der Waals surface area (Å²) in [6, 6.07) is 4.87. The van der Waals surface area contributed by atoms with E-state index in [-0.39, 0.29) is 11.5 Å². The van der Waals surface area contributed by atoms with E-state index < -0.39 is 23.9 Å². The van der Waals surface area contributed by atoms with Gasteiger partial charge in [0.15, 0.2) is 0 Å². The van der Waals surface area contributed by atoms with Gasteiger partial charge in [-0.3, -0.25) is 4.79 Å². The highest BCUT2D eigenvalue weighted by atomic mass is 16.4. The highest BCUT2D eigenvalue weighted by molar-refractivity contribution is 5.96. The standard InChI is InChI=1S/C14H17N3O4/c1-8-5-6-17(11(8)13(19)20)14(21)16-10-4-2-3-9(7-10)12(15)18/h2-4,7-8,11H,5-6H2,1H3,(H2,15,18)(H,16,21)(H,19,20). The van der Waals surface area contributed by atoms with Crippen molar-refractivity contribution in [2.45, 2.75) is 19.4 Å². The van der Waals surface area contributed by atoms with Gasteiger partial charge in [-0.2, -0.15) is 0 Å². The van der Waals surface area contributed by atoms with Crippen molar-refractivity contribution in [3.63, 3.8) is 0 Å². The van der Waals surface area contributed by atoms with Crippen LogP contribution in [0.25, 0.3) is 0 Å². The molecule has 0 radical (unpaired) electrons. The van der Waals surface area contributed by atoms with Gasteiger partial charge in [0.1, 0.15) is 6.04 Å². The van der Waals surface area contributed by atoms with Gasteiger partial charge in [0.2, 0.25) is 5.91 Å². The van der Waals surface area contributed by atoms with E-state index in [2.05, 4.69) is 5.32 Å². The van der Waals surface area contributed by atoms with Crippen LogP contribution >= 0.6 is 0 Å². The average Bonchev–Trinajstić information content (AvgIpc) is 2.81. The van der Waals surface area contributed by atoms with Crippen LogP contribution in [0.3, 0.4) is 0 Å². The first-order valence-corrected chi connectivity index (χ1v) is 6.60. The molecule has 1 aliphatic heterocycles. The summed E-state index contributed by atoms with van der Waals surface area (Å²) in [6.45, 7) is 2.19. The molecule has 1 aromatic rings. The molecule has 1 heterocycles. The highest BCUT2D eigenvalue weighted by Gasteiger charge is 2.39. The van der Waals surface area contributed by atoms with E-state index in [9.17, 15) is 19.5 Å². The SMILES string of the molecule is CC1CCN(C(=O)Nc2cccc(C(N)=O)c2)C1C(=O)O. The van der Waals surface area contributed by atoms with E-state index in [0.29, 0.717) is 18.7 Å². The normalized spacial score (nSPS) is 21.1. The third kappa shape index (κ3) is 3.13. The molecule has 21 heavy (non-hydrogen) atoms. The summed E-state index contributed by atoms with van der Waals surface area (Å²) in [7, 11) is 0. The number of primary amides is 1. The van der Waals surface area contributed by atoms with Gasteiger partial charge in [0.05, 0.1) is 0 Å². The molecule has 0 saturated carbocycles. The number of nitrogens with zero attached hydrogens (tertiary/aromatic N) is 1. The number of carbonyl (C=O) groups is 3. The fraction of sp³-hybridized carbons (Fsp3) is 0.357. The number of hydrogen-bond acceptors (Lipinski definition) is 3. The van der Waals surface area contributed by atoms with E-state index in [1.807, 2.05) is 0 Å². The maximum absolute atomic E-state index is 12.2. The number of amides is 3. The molecular formula is C14H17N3O4. The van der Waals surface area contributed by atoms with Crippen molar-refractivity contribution in [1.82, 2.24) is 4.90 Å². The fourth-order valence-electron chi connectivity index (χ4n) is 2.50. The second-order valence-electron chi connectivity index (χ2n) is 5.12. The Morgan fingerprint density at radius 2 is 2.10 bits per heavy atom. The molecule has 1 aliphatic rings. The molecule has 1 fully saturated rings. The Morgan fingerprint density at radius 3 is 2.71 bits per heavy atom. The second kappa shape index (κ2) is 5.82. The number of rotatable bonds is 3. The number of anilines is 1. The Kier molecular flexibility index (Phi) is 4.11. The lowest BCUT2D eigenvalue weighted by atomic mass is 10.0. The Bertz CT molecular complexity index is 587. The molecule has 1 saturated heterocycles. The number of carboxylic acids is 1. The summed E-state index contributed by atoms with van der Waals surface area (Å²) in [5.41, 5.74) is 5.85. The number of likely N-dealkylation sites (tertiary alicyclic amines) is 1. The molecule has 2 rings (SSSR count). The van der Waals surface area contributed by atoms with E-state index >= 15 is 0 Å². The lowest BCUT2D eigenvalue weighted by molar-refractivity contribution is -0.142. The minimum absolute atomic E-state index is 0.0924. The third-order valence-electron chi connectivity index (χ3n) is 3.61. The minimum Gasteiger partial charge on any atom is -0.480 e. The smallest absolute Gasteiger partial charge is 0.326 e. The van der Waals surface area contributed by atoms with Crippen LogP contribution < -0.4 is 11.1 Å². The molecule has 0 aliphatic carbocycles. The number of nitrogens with two attached hydrogens (primary N) is 1. The zero-order chi connectivity index (χ0) is 15.6. The molecule has 7 nitrogen and oxygen atoms in total. The zero-order valence-corrected chi connectivity index (χ0v) is 11.6. The van der Waals surface area contributed by atoms with Crippen LogP contribution in [0.1, 0.15) is 23.7 Å². The van der Waals surface area contributed by atoms with Crippen molar-refractivity contribution >= 4 is 23.6 Å². The molecule has 0 spiro atoms. The predicted molar refractivity (Wildman–Crippen MR) is 75.9 cm³/mol. The number of urea groups is 1. The Balaban J connectivity index is 2.13. The quantitative estimate of drug-likeness (QED) is 0.774. The van der Waals surface area contributed by atoms with Gasteiger partial charge in [-0.15, -0.1) is 0 Å². The van der Waals surface area contributed by atoms with Crippen LogP contribution in [0.15, 0.2) is 24.3 Å². The number of aliphatic carboxylic acids is 1. The van der Waals surface area contributed by atoms with Gasteiger partial charge in [-0.1, -0.05) is 13.0 Å². The van der Waals surface area contributed by atoms with Crippen molar-refractivity contribution < 1.29 is 19.5 Å². The summed E-state index contributed by atoms with van der Waals surface area (Å²) in [5, 5.41) is 11.8. The van der Waals surface area contributed by atoms with Gasteiger partial charge in [0, 0.05) is 17.8 Å². The Labute approximate surface area is 121 Å². The van der Waals surface area contributed by atoms with Crippen molar-refractivity contribution in [2.75, 3.05) is 11.9 Å². The highest BCUT2D eigenvalue weighted by Crippen LogP contribution is 2.25. The number of carbonyl (C=O) groups excluding carboxylic acids is 2. The summed E-state index contributed by atoms with van der Waals surface area (Å²) in [5.74, 6) is -1.70. The summed E-state index contributed by atoms with van der Waals surface area (Å²) in [4.78, 5) is 35.8. The summed E-state index contributed by atoms with van der Waals surface area (Å²) in [6.07, 6.45) is 0.645. The average molecular weight is 291 g/mol. The molecule has 4 N–H and O–H groups in total. The summed E-state index contributed by atoms with van der Waals surface area (Å²) >= 11 is 0. The van der Waals surface area contributed by atoms with Crippen LogP contribution in [-0.2, 0) is 4.79 Å². The number of nitrogens with one attached hydrogen (secondary N) is 1. The maximum atomic E-state index is 12.2. The Morgan fingerprint density at radius 1 is 1.38 bits per heavy atom. The molecule has 3 amide bonds. The van der Waals surface area contributed by atoms with Crippen molar-refractivity contribution in [3.05, 3.63) is 29.8 Å². The maximum Gasteiger partial charge on any atom is 0.326 e. The molecule has 7 heteroatoms. The molecule has 2 atom stereocenters. The molecule has 0 bridgehead atoms. The topological polar surface area (TPSA) is 113 Å². The molecule has 0 aromatic heterocycles. The van der Waals surface area contributed by atoms with Crippen molar-refractivity contribution in [3.8, 4) is 0 Å². The van der Waals surface area contributed by atoms with E-state index in [0.717, 1.165) is 0 Å². The number of benzene rings is 1. The van der Waals surface area contributed by atoms with Crippen molar-refractivity contribution in [2.24, 2.45) is 11.7 Å². The lowest BCUT2D eigenvalue weighted by Crippen LogP contribution is -2.44. The van der Waals surface area contributed by atoms with Crippen LogP contribution in [0, 0.1) is 5.92 Å². The van der Waals surface area contributed by atoms with Crippen LogP contribution in [0.4, 0.5) is 10.5 Å².